The second kappa shape index (κ2) is 3.85. The summed E-state index contributed by atoms with van der Waals surface area (Å²) >= 11 is 0. The van der Waals surface area contributed by atoms with Crippen molar-refractivity contribution >= 4 is 11.5 Å². The van der Waals surface area contributed by atoms with E-state index >= 15 is 0 Å². The highest BCUT2D eigenvalue weighted by Gasteiger charge is 2.18. The maximum atomic E-state index is 12.4. The minimum Gasteiger partial charge on any atom is -0.338 e. The second-order valence-electron chi connectivity index (χ2n) is 3.70. The molecule has 0 aromatic heterocycles. The Morgan fingerprint density at radius 3 is 2.87 bits per heavy atom. The zero-order chi connectivity index (χ0) is 10.8. The molecule has 1 heterocycles. The number of carbonyl (C=O) groups excluding carboxylic acids is 1. The van der Waals surface area contributed by atoms with Crippen molar-refractivity contribution in [1.82, 2.24) is 4.90 Å². The first-order chi connectivity index (χ1) is 7.20. The summed E-state index contributed by atoms with van der Waals surface area (Å²) in [5, 5.41) is 0. The lowest BCUT2D eigenvalue weighted by molar-refractivity contribution is -0.123. The van der Waals surface area contributed by atoms with E-state index in [2.05, 4.69) is 0 Å². The Bertz CT molecular complexity index is 425. The van der Waals surface area contributed by atoms with E-state index in [4.69, 9.17) is 0 Å². The van der Waals surface area contributed by atoms with Crippen molar-refractivity contribution in [2.24, 2.45) is 0 Å². The number of nitrogens with zero attached hydrogens (tertiary/aromatic N) is 1. The van der Waals surface area contributed by atoms with Crippen molar-refractivity contribution in [2.75, 3.05) is 13.6 Å². The molecule has 15 heavy (non-hydrogen) atoms. The molecule has 2 rings (SSSR count). The molecule has 1 amide bonds. The van der Waals surface area contributed by atoms with Crippen LogP contribution in [0.25, 0.3) is 5.57 Å². The minimum atomic E-state index is -0.467. The molecule has 0 N–H and O–H groups in total. The highest BCUT2D eigenvalue weighted by molar-refractivity contribution is 6.00. The van der Waals surface area contributed by atoms with Gasteiger partial charge in [0.1, 0.15) is 6.67 Å². The average Bonchev–Trinajstić information content (AvgIpc) is 2.59. The first-order valence-corrected chi connectivity index (χ1v) is 4.81. The minimum absolute atomic E-state index is 0.00986. The van der Waals surface area contributed by atoms with E-state index in [0.29, 0.717) is 12.1 Å². The molecule has 0 spiro atoms. The second-order valence-corrected chi connectivity index (χ2v) is 3.70. The van der Waals surface area contributed by atoms with E-state index in [9.17, 15) is 9.18 Å². The fourth-order valence-electron chi connectivity index (χ4n) is 1.67. The molecule has 0 aliphatic carbocycles. The van der Waals surface area contributed by atoms with Crippen molar-refractivity contribution in [3.8, 4) is 0 Å². The van der Waals surface area contributed by atoms with Gasteiger partial charge in [-0.2, -0.15) is 0 Å². The molecule has 0 saturated heterocycles. The fraction of sp³-hybridized carbons (Fsp3) is 0.250. The van der Waals surface area contributed by atoms with Gasteiger partial charge in [-0.25, -0.2) is 4.39 Å². The van der Waals surface area contributed by atoms with Crippen LogP contribution < -0.4 is 0 Å². The van der Waals surface area contributed by atoms with Crippen LogP contribution in [-0.2, 0) is 11.5 Å². The Balaban J connectivity index is 2.31. The van der Waals surface area contributed by atoms with Crippen LogP contribution in [0.15, 0.2) is 30.3 Å². The summed E-state index contributed by atoms with van der Waals surface area (Å²) in [7, 11) is 1.75. The van der Waals surface area contributed by atoms with Gasteiger partial charge in [0, 0.05) is 19.7 Å². The number of hydrogen-bond donors (Lipinski definition) is 0. The van der Waals surface area contributed by atoms with Crippen molar-refractivity contribution in [3.05, 3.63) is 41.5 Å². The van der Waals surface area contributed by atoms with Crippen LogP contribution in [0.3, 0.4) is 0 Å². The molecule has 0 atom stereocenters. The van der Waals surface area contributed by atoms with Gasteiger partial charge in [-0.15, -0.1) is 0 Å². The van der Waals surface area contributed by atoms with E-state index in [0.717, 1.165) is 11.1 Å². The van der Waals surface area contributed by atoms with Gasteiger partial charge in [0.2, 0.25) is 5.91 Å². The zero-order valence-corrected chi connectivity index (χ0v) is 8.53. The van der Waals surface area contributed by atoms with Crippen LogP contribution in [0.2, 0.25) is 0 Å². The zero-order valence-electron chi connectivity index (χ0n) is 8.53. The lowest BCUT2D eigenvalue weighted by Gasteiger charge is -2.08. The summed E-state index contributed by atoms with van der Waals surface area (Å²) in [6.45, 7) is 0.138. The van der Waals surface area contributed by atoms with Crippen molar-refractivity contribution in [1.29, 1.82) is 0 Å². The summed E-state index contributed by atoms with van der Waals surface area (Å²) in [6.07, 6.45) is 1.61. The Kier molecular flexibility index (Phi) is 2.54. The van der Waals surface area contributed by atoms with Crippen LogP contribution in [0.5, 0.6) is 0 Å². The summed E-state index contributed by atoms with van der Waals surface area (Å²) in [5.74, 6) is 0.00986. The van der Waals surface area contributed by atoms with Crippen molar-refractivity contribution < 1.29 is 9.18 Å². The summed E-state index contributed by atoms with van der Waals surface area (Å²) in [5.41, 5.74) is 2.54. The molecule has 2 nitrogen and oxygen atoms in total. The first kappa shape index (κ1) is 9.90. The van der Waals surface area contributed by atoms with Crippen LogP contribution in [0.4, 0.5) is 4.39 Å². The maximum absolute atomic E-state index is 12.4. The molecule has 1 aromatic carbocycles. The van der Waals surface area contributed by atoms with Gasteiger partial charge in [0.05, 0.1) is 0 Å². The van der Waals surface area contributed by atoms with E-state index in [1.807, 2.05) is 12.1 Å². The molecule has 0 fully saturated rings. The summed E-state index contributed by atoms with van der Waals surface area (Å²) in [6, 6.07) is 7.24. The van der Waals surface area contributed by atoms with E-state index in [1.165, 1.54) is 0 Å². The summed E-state index contributed by atoms with van der Waals surface area (Å²) in [4.78, 5) is 12.9. The number of benzene rings is 1. The number of likely N-dealkylation sites (N-methyl/N-ethyl adjacent to an activating group) is 1. The SMILES string of the molecule is CN1CC(c2cccc(CF)c2)=CC1=O. The standard InChI is InChI=1S/C12H12FNO/c1-14-8-11(6-12(14)15)10-4-2-3-9(5-10)7-13/h2-6H,7-8H2,1H3. The molecule has 0 radical (unpaired) electrons. The van der Waals surface area contributed by atoms with E-state index < -0.39 is 6.67 Å². The van der Waals surface area contributed by atoms with Gasteiger partial charge in [-0.05, 0) is 22.8 Å². The van der Waals surface area contributed by atoms with Gasteiger partial charge in [-0.3, -0.25) is 4.79 Å². The fourth-order valence-corrected chi connectivity index (χ4v) is 1.67. The molecular formula is C12H12FNO. The smallest absolute Gasteiger partial charge is 0.246 e. The van der Waals surface area contributed by atoms with Gasteiger partial charge >= 0.3 is 0 Å². The average molecular weight is 205 g/mol. The predicted octanol–water partition coefficient (Wildman–Crippen LogP) is 2.01. The van der Waals surface area contributed by atoms with Gasteiger partial charge in [-0.1, -0.05) is 18.2 Å². The highest BCUT2D eigenvalue weighted by atomic mass is 19.1. The van der Waals surface area contributed by atoms with Gasteiger partial charge in [0.15, 0.2) is 0 Å². The van der Waals surface area contributed by atoms with Crippen molar-refractivity contribution in [2.45, 2.75) is 6.67 Å². The summed E-state index contributed by atoms with van der Waals surface area (Å²) < 4.78 is 12.4. The topological polar surface area (TPSA) is 20.3 Å². The monoisotopic (exact) mass is 205 g/mol. The number of hydrogen-bond acceptors (Lipinski definition) is 1. The van der Waals surface area contributed by atoms with Crippen molar-refractivity contribution in [3.63, 3.8) is 0 Å². The molecule has 1 aliphatic rings. The van der Waals surface area contributed by atoms with Crippen LogP contribution in [0, 0.1) is 0 Å². The Morgan fingerprint density at radius 2 is 2.27 bits per heavy atom. The molecule has 78 valence electrons. The quantitative estimate of drug-likeness (QED) is 0.723. The molecule has 0 saturated carbocycles. The van der Waals surface area contributed by atoms with Gasteiger partial charge in [0.25, 0.3) is 0 Å². The highest BCUT2D eigenvalue weighted by Crippen LogP contribution is 2.21. The van der Waals surface area contributed by atoms with Crippen LogP contribution in [0.1, 0.15) is 11.1 Å². The molecular weight excluding hydrogens is 193 g/mol. The van der Waals surface area contributed by atoms with Crippen LogP contribution in [-0.4, -0.2) is 24.4 Å². The number of rotatable bonds is 2. The Hall–Kier alpha value is -1.64. The lowest BCUT2D eigenvalue weighted by atomic mass is 10.0. The molecule has 0 bridgehead atoms. The first-order valence-electron chi connectivity index (χ1n) is 4.81. The molecule has 0 unspecified atom stereocenters. The third-order valence-electron chi connectivity index (χ3n) is 2.53. The number of alkyl halides is 1. The van der Waals surface area contributed by atoms with Gasteiger partial charge < -0.3 is 4.90 Å². The number of carbonyl (C=O) groups is 1. The van der Waals surface area contributed by atoms with E-state index in [-0.39, 0.29) is 5.91 Å². The normalized spacial score (nSPS) is 15.7. The third-order valence-corrected chi connectivity index (χ3v) is 2.53. The number of amides is 1. The van der Waals surface area contributed by atoms with Crippen LogP contribution >= 0.6 is 0 Å². The molecule has 1 aromatic rings. The largest absolute Gasteiger partial charge is 0.338 e. The third kappa shape index (κ3) is 1.91. The number of halogens is 1. The predicted molar refractivity (Wildman–Crippen MR) is 56.9 cm³/mol. The maximum Gasteiger partial charge on any atom is 0.246 e. The van der Waals surface area contributed by atoms with E-state index in [1.54, 1.807) is 30.2 Å². The Morgan fingerprint density at radius 1 is 1.47 bits per heavy atom. The lowest BCUT2D eigenvalue weighted by Crippen LogP contribution is -2.19. The molecule has 1 aliphatic heterocycles. The molecule has 3 heteroatoms. The Labute approximate surface area is 88.0 Å².